The summed E-state index contributed by atoms with van der Waals surface area (Å²) < 4.78 is 0. The summed E-state index contributed by atoms with van der Waals surface area (Å²) in [4.78, 5) is 0. The van der Waals surface area contributed by atoms with Crippen LogP contribution >= 0.6 is 0 Å². The van der Waals surface area contributed by atoms with Gasteiger partial charge in [-0.15, -0.1) is 0 Å². The van der Waals surface area contributed by atoms with Gasteiger partial charge in [-0.05, 0) is 26.2 Å². The van der Waals surface area contributed by atoms with Crippen molar-refractivity contribution in [3.63, 3.8) is 0 Å². The second-order valence-electron chi connectivity index (χ2n) is 3.51. The Bertz CT molecular complexity index is 78.8. The Balaban J connectivity index is 3.46. The van der Waals surface area contributed by atoms with Crippen LogP contribution in [0.3, 0.4) is 0 Å². The third-order valence-electron chi connectivity index (χ3n) is 2.16. The molecule has 0 saturated heterocycles. The third kappa shape index (κ3) is 3.89. The molecule has 0 aromatic heterocycles. The minimum atomic E-state index is 0.648. The zero-order valence-electron chi connectivity index (χ0n) is 7.94. The number of nitrogens with one attached hydrogen (secondary N) is 1. The lowest BCUT2D eigenvalue weighted by Crippen LogP contribution is -2.37. The molecule has 2 unspecified atom stereocenters. The fraction of sp³-hybridized carbons (Fsp3) is 1.00. The molecule has 62 valence electrons. The topological polar surface area (TPSA) is 12.0 Å². The number of hydrogen-bond donors (Lipinski definition) is 1. The van der Waals surface area contributed by atoms with Crippen molar-refractivity contribution in [1.29, 1.82) is 0 Å². The van der Waals surface area contributed by atoms with Gasteiger partial charge in [0.2, 0.25) is 0 Å². The summed E-state index contributed by atoms with van der Waals surface area (Å²) in [7, 11) is 0. The molecule has 1 nitrogen and oxygen atoms in total. The number of rotatable bonds is 4. The van der Waals surface area contributed by atoms with Crippen LogP contribution < -0.4 is 5.32 Å². The molecule has 0 heterocycles. The maximum absolute atomic E-state index is 3.53. The van der Waals surface area contributed by atoms with E-state index in [2.05, 4.69) is 39.9 Å². The summed E-state index contributed by atoms with van der Waals surface area (Å²) >= 11 is 0. The van der Waals surface area contributed by atoms with Gasteiger partial charge in [0.15, 0.2) is 0 Å². The quantitative estimate of drug-likeness (QED) is 0.637. The highest BCUT2D eigenvalue weighted by molar-refractivity contribution is 4.68. The van der Waals surface area contributed by atoms with Crippen LogP contribution in [0.15, 0.2) is 0 Å². The van der Waals surface area contributed by atoms with Crippen molar-refractivity contribution in [2.75, 3.05) is 0 Å². The first kappa shape index (κ1) is 9.96. The normalized spacial score (nSPS) is 17.4. The van der Waals surface area contributed by atoms with Crippen LogP contribution in [-0.2, 0) is 0 Å². The van der Waals surface area contributed by atoms with Crippen LogP contribution in [0.1, 0.15) is 41.0 Å². The van der Waals surface area contributed by atoms with E-state index in [1.165, 1.54) is 6.42 Å². The van der Waals surface area contributed by atoms with E-state index in [0.29, 0.717) is 12.1 Å². The third-order valence-corrected chi connectivity index (χ3v) is 2.16. The van der Waals surface area contributed by atoms with E-state index in [9.17, 15) is 0 Å². The Labute approximate surface area is 65.2 Å². The highest BCUT2D eigenvalue weighted by atomic mass is 14.9. The monoisotopic (exact) mass is 143 g/mol. The predicted octanol–water partition coefficient (Wildman–Crippen LogP) is 2.42. The highest BCUT2D eigenvalue weighted by Gasteiger charge is 2.08. The summed E-state index contributed by atoms with van der Waals surface area (Å²) in [5, 5.41) is 3.53. The molecule has 0 rings (SSSR count). The lowest BCUT2D eigenvalue weighted by Gasteiger charge is -2.21. The molecular weight excluding hydrogens is 122 g/mol. The van der Waals surface area contributed by atoms with Gasteiger partial charge in [-0.1, -0.05) is 20.8 Å². The van der Waals surface area contributed by atoms with Gasteiger partial charge in [-0.3, -0.25) is 0 Å². The first-order chi connectivity index (χ1) is 4.57. The van der Waals surface area contributed by atoms with E-state index < -0.39 is 0 Å². The molecule has 2 atom stereocenters. The molecule has 0 spiro atoms. The molecule has 0 aromatic carbocycles. The maximum Gasteiger partial charge on any atom is 0.00642 e. The van der Waals surface area contributed by atoms with E-state index in [-0.39, 0.29) is 0 Å². The molecule has 10 heavy (non-hydrogen) atoms. The van der Waals surface area contributed by atoms with Gasteiger partial charge in [-0.2, -0.15) is 0 Å². The number of hydrogen-bond acceptors (Lipinski definition) is 1. The highest BCUT2D eigenvalue weighted by Crippen LogP contribution is 2.01. The molecule has 0 radical (unpaired) electrons. The summed E-state index contributed by atoms with van der Waals surface area (Å²) in [5.74, 6) is 0.744. The SMILES string of the molecule is CCC(C)NC(C)C(C)C. The van der Waals surface area contributed by atoms with E-state index in [4.69, 9.17) is 0 Å². The molecule has 1 N–H and O–H groups in total. The Hall–Kier alpha value is -0.0400. The van der Waals surface area contributed by atoms with Crippen molar-refractivity contribution in [3.05, 3.63) is 0 Å². The molecule has 0 aliphatic rings. The van der Waals surface area contributed by atoms with Crippen molar-refractivity contribution in [1.82, 2.24) is 5.32 Å². The van der Waals surface area contributed by atoms with Gasteiger partial charge >= 0.3 is 0 Å². The van der Waals surface area contributed by atoms with Crippen molar-refractivity contribution < 1.29 is 0 Å². The van der Waals surface area contributed by atoms with Crippen LogP contribution in [0.25, 0.3) is 0 Å². The summed E-state index contributed by atoms with van der Waals surface area (Å²) in [6.45, 7) is 11.2. The van der Waals surface area contributed by atoms with E-state index >= 15 is 0 Å². The zero-order chi connectivity index (χ0) is 8.15. The van der Waals surface area contributed by atoms with E-state index in [1.807, 2.05) is 0 Å². The molecular formula is C9H21N. The Morgan fingerprint density at radius 3 is 1.90 bits per heavy atom. The molecule has 0 aliphatic carbocycles. The van der Waals surface area contributed by atoms with Crippen molar-refractivity contribution in [2.24, 2.45) is 5.92 Å². The average Bonchev–Trinajstić information content (AvgIpc) is 1.87. The summed E-state index contributed by atoms with van der Waals surface area (Å²) in [5.41, 5.74) is 0. The van der Waals surface area contributed by atoms with Crippen LogP contribution in [0, 0.1) is 5.92 Å². The van der Waals surface area contributed by atoms with Gasteiger partial charge in [0.25, 0.3) is 0 Å². The van der Waals surface area contributed by atoms with Crippen LogP contribution in [0.4, 0.5) is 0 Å². The molecule has 1 heteroatoms. The Kier molecular flexibility index (Phi) is 4.71. The van der Waals surface area contributed by atoms with Gasteiger partial charge in [0.1, 0.15) is 0 Å². The second-order valence-corrected chi connectivity index (χ2v) is 3.51. The molecule has 0 fully saturated rings. The standard InChI is InChI=1S/C9H21N/c1-6-8(4)10-9(5)7(2)3/h7-10H,6H2,1-5H3. The van der Waals surface area contributed by atoms with Crippen LogP contribution in [-0.4, -0.2) is 12.1 Å². The minimum Gasteiger partial charge on any atom is -0.312 e. The van der Waals surface area contributed by atoms with Gasteiger partial charge < -0.3 is 5.32 Å². The molecule has 0 saturated carbocycles. The van der Waals surface area contributed by atoms with Crippen molar-refractivity contribution in [3.8, 4) is 0 Å². The van der Waals surface area contributed by atoms with Crippen LogP contribution in [0.5, 0.6) is 0 Å². The Morgan fingerprint density at radius 2 is 1.60 bits per heavy atom. The maximum atomic E-state index is 3.53. The van der Waals surface area contributed by atoms with Gasteiger partial charge in [0, 0.05) is 12.1 Å². The fourth-order valence-corrected chi connectivity index (χ4v) is 0.759. The van der Waals surface area contributed by atoms with Crippen molar-refractivity contribution in [2.45, 2.75) is 53.1 Å². The average molecular weight is 143 g/mol. The first-order valence-electron chi connectivity index (χ1n) is 4.34. The lowest BCUT2D eigenvalue weighted by atomic mass is 10.1. The summed E-state index contributed by atoms with van der Waals surface area (Å²) in [6, 6.07) is 1.31. The fourth-order valence-electron chi connectivity index (χ4n) is 0.759. The molecule has 0 amide bonds. The predicted molar refractivity (Wildman–Crippen MR) is 47.2 cm³/mol. The lowest BCUT2D eigenvalue weighted by molar-refractivity contribution is 0.378. The van der Waals surface area contributed by atoms with Gasteiger partial charge in [-0.25, -0.2) is 0 Å². The van der Waals surface area contributed by atoms with Crippen LogP contribution in [0.2, 0.25) is 0 Å². The largest absolute Gasteiger partial charge is 0.312 e. The smallest absolute Gasteiger partial charge is 0.00642 e. The summed E-state index contributed by atoms with van der Waals surface area (Å²) in [6.07, 6.45) is 1.22. The molecule has 0 bridgehead atoms. The minimum absolute atomic E-state index is 0.648. The van der Waals surface area contributed by atoms with Crippen molar-refractivity contribution >= 4 is 0 Å². The van der Waals surface area contributed by atoms with Gasteiger partial charge in [0.05, 0.1) is 0 Å². The molecule has 0 aromatic rings. The van der Waals surface area contributed by atoms with E-state index in [1.54, 1.807) is 0 Å². The Morgan fingerprint density at radius 1 is 1.10 bits per heavy atom. The second kappa shape index (κ2) is 4.73. The zero-order valence-corrected chi connectivity index (χ0v) is 7.94. The van der Waals surface area contributed by atoms with E-state index in [0.717, 1.165) is 5.92 Å². The first-order valence-corrected chi connectivity index (χ1v) is 4.34. The molecule has 0 aliphatic heterocycles.